The number of nitrogens with zero attached hydrogens (tertiary/aromatic N) is 1. The molecule has 15 heavy (non-hydrogen) atoms. The van der Waals surface area contributed by atoms with E-state index in [1.54, 1.807) is 0 Å². The minimum absolute atomic E-state index is 0.0417. The van der Waals surface area contributed by atoms with Crippen molar-refractivity contribution in [1.82, 2.24) is 0 Å². The molecule has 84 valence electrons. The molecule has 1 rings (SSSR count). The number of hydrogen-bond donors (Lipinski definition) is 0. The van der Waals surface area contributed by atoms with Crippen LogP contribution in [-0.4, -0.2) is 12.0 Å². The molecule has 0 heterocycles. The Bertz CT molecular complexity index is 357. The third-order valence-corrected chi connectivity index (χ3v) is 2.03. The minimum atomic E-state index is -0.636. The summed E-state index contributed by atoms with van der Waals surface area (Å²) < 4.78 is 17.5. The molecule has 6 heteroatoms. The van der Waals surface area contributed by atoms with Crippen molar-refractivity contribution < 1.29 is 14.1 Å². The van der Waals surface area contributed by atoms with E-state index in [1.165, 1.54) is 7.11 Å². The van der Waals surface area contributed by atoms with E-state index in [1.807, 2.05) is 13.8 Å². The minimum Gasteiger partial charge on any atom is -0.490 e. The van der Waals surface area contributed by atoms with E-state index in [-0.39, 0.29) is 15.9 Å². The highest BCUT2D eigenvalue weighted by molar-refractivity contribution is 9.10. The maximum atomic E-state index is 12.9. The van der Waals surface area contributed by atoms with Gasteiger partial charge in [0.25, 0.3) is 0 Å². The van der Waals surface area contributed by atoms with Gasteiger partial charge in [-0.1, -0.05) is 13.8 Å². The molecule has 0 atom stereocenters. The first kappa shape index (κ1) is 13.8. The fraction of sp³-hybridized carbons (Fsp3) is 0.333. The van der Waals surface area contributed by atoms with Crippen molar-refractivity contribution in [3.05, 3.63) is 32.5 Å². The number of rotatable bonds is 2. The van der Waals surface area contributed by atoms with Gasteiger partial charge in [-0.3, -0.25) is 10.1 Å². The Morgan fingerprint density at radius 3 is 2.40 bits per heavy atom. The summed E-state index contributed by atoms with van der Waals surface area (Å²) in [5.74, 6) is -0.687. The van der Waals surface area contributed by atoms with E-state index in [2.05, 4.69) is 20.7 Å². The van der Waals surface area contributed by atoms with E-state index in [4.69, 9.17) is 0 Å². The monoisotopic (exact) mass is 279 g/mol. The molecular weight excluding hydrogens is 269 g/mol. The van der Waals surface area contributed by atoms with Crippen LogP contribution in [0.1, 0.15) is 13.8 Å². The van der Waals surface area contributed by atoms with Crippen LogP contribution in [0.2, 0.25) is 0 Å². The predicted octanol–water partition coefficient (Wildman–Crippen LogP) is 3.53. The predicted molar refractivity (Wildman–Crippen MR) is 58.7 cm³/mol. The molecule has 0 saturated heterocycles. The number of nitro groups is 1. The van der Waals surface area contributed by atoms with Gasteiger partial charge in [0, 0.05) is 12.1 Å². The number of halogens is 2. The van der Waals surface area contributed by atoms with Gasteiger partial charge < -0.3 is 4.74 Å². The second-order valence-electron chi connectivity index (χ2n) is 2.20. The summed E-state index contributed by atoms with van der Waals surface area (Å²) in [6.45, 7) is 4.00. The molecule has 0 bridgehead atoms. The summed E-state index contributed by atoms with van der Waals surface area (Å²) in [6.07, 6.45) is 0. The number of hydrogen-bond acceptors (Lipinski definition) is 3. The summed E-state index contributed by atoms with van der Waals surface area (Å²) in [6, 6.07) is 2.02. The second kappa shape index (κ2) is 6.34. The van der Waals surface area contributed by atoms with Crippen molar-refractivity contribution in [3.63, 3.8) is 0 Å². The van der Waals surface area contributed by atoms with Crippen molar-refractivity contribution in [2.45, 2.75) is 13.8 Å². The lowest BCUT2D eigenvalue weighted by atomic mass is 10.3. The normalized spacial score (nSPS) is 8.87. The van der Waals surface area contributed by atoms with Crippen molar-refractivity contribution in [2.24, 2.45) is 0 Å². The Labute approximate surface area is 95.3 Å². The van der Waals surface area contributed by atoms with E-state index in [9.17, 15) is 14.5 Å². The van der Waals surface area contributed by atoms with Crippen LogP contribution in [0.4, 0.5) is 10.1 Å². The van der Waals surface area contributed by atoms with Crippen molar-refractivity contribution in [1.29, 1.82) is 0 Å². The maximum Gasteiger partial charge on any atom is 0.312 e. The molecular formula is C9H11BrFNO3. The van der Waals surface area contributed by atoms with Crippen molar-refractivity contribution in [2.75, 3.05) is 7.11 Å². The molecule has 0 spiro atoms. The van der Waals surface area contributed by atoms with Crippen LogP contribution < -0.4 is 4.74 Å². The number of benzene rings is 1. The molecule has 0 unspecified atom stereocenters. The summed E-state index contributed by atoms with van der Waals surface area (Å²) >= 11 is 2.84. The van der Waals surface area contributed by atoms with E-state index >= 15 is 0 Å². The lowest BCUT2D eigenvalue weighted by Gasteiger charge is -2.02. The summed E-state index contributed by atoms with van der Waals surface area (Å²) in [4.78, 5) is 9.79. The second-order valence-corrected chi connectivity index (χ2v) is 3.05. The topological polar surface area (TPSA) is 52.4 Å². The number of ether oxygens (including phenoxy) is 1. The highest BCUT2D eigenvalue weighted by Gasteiger charge is 2.17. The molecule has 0 radical (unpaired) electrons. The molecule has 0 aliphatic heterocycles. The highest BCUT2D eigenvalue weighted by atomic mass is 79.9. The van der Waals surface area contributed by atoms with Crippen LogP contribution in [-0.2, 0) is 0 Å². The molecule has 0 amide bonds. The van der Waals surface area contributed by atoms with Crippen LogP contribution in [0, 0.1) is 15.9 Å². The van der Waals surface area contributed by atoms with Crippen LogP contribution >= 0.6 is 15.9 Å². The number of nitro benzene ring substituents is 1. The lowest BCUT2D eigenvalue weighted by Crippen LogP contribution is -1.94. The van der Waals surface area contributed by atoms with Gasteiger partial charge in [-0.2, -0.15) is 0 Å². The summed E-state index contributed by atoms with van der Waals surface area (Å²) in [5, 5.41) is 10.4. The van der Waals surface area contributed by atoms with Gasteiger partial charge in [-0.25, -0.2) is 4.39 Å². The largest absolute Gasteiger partial charge is 0.490 e. The van der Waals surface area contributed by atoms with Gasteiger partial charge in [-0.15, -0.1) is 0 Å². The first-order valence-corrected chi connectivity index (χ1v) is 5.03. The van der Waals surface area contributed by atoms with E-state index in [0.29, 0.717) is 0 Å². The third-order valence-electron chi connectivity index (χ3n) is 1.42. The van der Waals surface area contributed by atoms with E-state index < -0.39 is 10.7 Å². The molecule has 0 fully saturated rings. The molecule has 4 nitrogen and oxygen atoms in total. The van der Waals surface area contributed by atoms with Crippen molar-refractivity contribution >= 4 is 21.6 Å². The van der Waals surface area contributed by atoms with E-state index in [0.717, 1.165) is 12.1 Å². The SMILES string of the molecule is CC.COc1cc(F)c(Br)cc1[N+](=O)[O-]. The van der Waals surface area contributed by atoms with Crippen LogP contribution in [0.5, 0.6) is 5.75 Å². The smallest absolute Gasteiger partial charge is 0.312 e. The molecule has 0 aliphatic rings. The van der Waals surface area contributed by atoms with Crippen LogP contribution in [0.15, 0.2) is 16.6 Å². The lowest BCUT2D eigenvalue weighted by molar-refractivity contribution is -0.385. The first-order chi connectivity index (χ1) is 7.06. The van der Waals surface area contributed by atoms with Crippen LogP contribution in [0.25, 0.3) is 0 Å². The first-order valence-electron chi connectivity index (χ1n) is 4.23. The average molecular weight is 280 g/mol. The van der Waals surface area contributed by atoms with Crippen molar-refractivity contribution in [3.8, 4) is 5.75 Å². The molecule has 0 aromatic heterocycles. The zero-order valence-corrected chi connectivity index (χ0v) is 10.2. The summed E-state index contributed by atoms with van der Waals surface area (Å²) in [5.41, 5.74) is -0.268. The molecule has 0 saturated carbocycles. The zero-order chi connectivity index (χ0) is 12.0. The maximum absolute atomic E-state index is 12.9. The van der Waals surface area contributed by atoms with Gasteiger partial charge in [0.05, 0.1) is 16.5 Å². The third kappa shape index (κ3) is 3.47. The van der Waals surface area contributed by atoms with Gasteiger partial charge in [0.15, 0.2) is 5.75 Å². The van der Waals surface area contributed by atoms with Gasteiger partial charge >= 0.3 is 5.69 Å². The Balaban J connectivity index is 0.000000921. The van der Waals surface area contributed by atoms with Gasteiger partial charge in [0.1, 0.15) is 5.82 Å². The molecule has 0 N–H and O–H groups in total. The fourth-order valence-electron chi connectivity index (χ4n) is 0.824. The Kier molecular flexibility index (Phi) is 5.84. The summed E-state index contributed by atoms with van der Waals surface area (Å²) in [7, 11) is 1.25. The Hall–Kier alpha value is -1.17. The molecule has 1 aromatic carbocycles. The van der Waals surface area contributed by atoms with Gasteiger partial charge in [-0.05, 0) is 15.9 Å². The quantitative estimate of drug-likeness (QED) is 0.615. The average Bonchev–Trinajstić information content (AvgIpc) is 2.24. The van der Waals surface area contributed by atoms with Crippen LogP contribution in [0.3, 0.4) is 0 Å². The highest BCUT2D eigenvalue weighted by Crippen LogP contribution is 2.31. The molecule has 0 aliphatic carbocycles. The Morgan fingerprint density at radius 2 is 2.00 bits per heavy atom. The standard InChI is InChI=1S/C7H5BrFNO3.C2H6/c1-13-7-3-5(9)4(8)2-6(7)10(11)12;1-2/h2-3H,1H3;1-2H3. The van der Waals surface area contributed by atoms with Gasteiger partial charge in [0.2, 0.25) is 0 Å². The zero-order valence-electron chi connectivity index (χ0n) is 8.58. The Morgan fingerprint density at radius 1 is 1.47 bits per heavy atom. The fourth-order valence-corrected chi connectivity index (χ4v) is 1.16. The molecule has 1 aromatic rings. The number of methoxy groups -OCH3 is 1.